The van der Waals surface area contributed by atoms with Crippen LogP contribution >= 0.6 is 0 Å². The van der Waals surface area contributed by atoms with Gasteiger partial charge in [-0.2, -0.15) is 0 Å². The molecule has 2 heterocycles. The Morgan fingerprint density at radius 3 is 2.59 bits per heavy atom. The fourth-order valence-corrected chi connectivity index (χ4v) is 5.03. The molecule has 0 spiro atoms. The molecule has 0 aliphatic carbocycles. The summed E-state index contributed by atoms with van der Waals surface area (Å²) in [7, 11) is -3.13. The number of sulfone groups is 1. The summed E-state index contributed by atoms with van der Waals surface area (Å²) in [6, 6.07) is 5.90. The Bertz CT molecular complexity index is 959. The Kier molecular flexibility index (Phi) is 6.26. The van der Waals surface area contributed by atoms with Crippen LogP contribution < -0.4 is 0 Å². The molecular weight excluding hydrogens is 398 g/mol. The molecule has 156 valence electrons. The van der Waals surface area contributed by atoms with Crippen molar-refractivity contribution >= 4 is 21.7 Å². The number of rotatable bonds is 7. The maximum Gasteiger partial charge on any atom is 0.338 e. The maximum absolute atomic E-state index is 12.7. The standard InChI is InChI=1S/C18H23N5O5S/c1-3-13(2)23(16-8-9-29(26,27)11-16)17(24)10-28-18(25)14-4-6-15(7-5-14)22-12-19-20-21-22/h4-7,12-13,16H,3,8-11H2,1-2H3/t13-,16-/m1/s1. The van der Waals surface area contributed by atoms with E-state index in [0.29, 0.717) is 18.5 Å². The lowest BCUT2D eigenvalue weighted by Gasteiger charge is -2.33. The summed E-state index contributed by atoms with van der Waals surface area (Å²) in [5, 5.41) is 10.8. The average molecular weight is 421 g/mol. The van der Waals surface area contributed by atoms with Crippen molar-refractivity contribution in [2.45, 2.75) is 38.8 Å². The lowest BCUT2D eigenvalue weighted by atomic mass is 10.1. The third-order valence-corrected chi connectivity index (χ3v) is 6.75. The van der Waals surface area contributed by atoms with Gasteiger partial charge in [0.15, 0.2) is 16.4 Å². The van der Waals surface area contributed by atoms with Gasteiger partial charge in [-0.1, -0.05) is 6.92 Å². The average Bonchev–Trinajstić information content (AvgIpc) is 3.36. The minimum absolute atomic E-state index is 0.0460. The highest BCUT2D eigenvalue weighted by Crippen LogP contribution is 2.21. The van der Waals surface area contributed by atoms with E-state index in [2.05, 4.69) is 15.5 Å². The van der Waals surface area contributed by atoms with E-state index in [1.165, 1.54) is 11.0 Å². The summed E-state index contributed by atoms with van der Waals surface area (Å²) in [6.07, 6.45) is 2.51. The number of benzene rings is 1. The minimum atomic E-state index is -3.13. The van der Waals surface area contributed by atoms with Crippen LogP contribution in [0.4, 0.5) is 0 Å². The Balaban J connectivity index is 1.62. The number of esters is 1. The fraction of sp³-hybridized carbons (Fsp3) is 0.500. The molecule has 2 atom stereocenters. The van der Waals surface area contributed by atoms with Crippen molar-refractivity contribution in [2.24, 2.45) is 0 Å². The molecular formula is C18H23N5O5S. The first-order valence-electron chi connectivity index (χ1n) is 9.33. The summed E-state index contributed by atoms with van der Waals surface area (Å²) in [5.41, 5.74) is 0.959. The number of aromatic nitrogens is 4. The summed E-state index contributed by atoms with van der Waals surface area (Å²) in [5.74, 6) is -0.995. The van der Waals surface area contributed by atoms with Gasteiger partial charge in [0.2, 0.25) is 0 Å². The van der Waals surface area contributed by atoms with Crippen molar-refractivity contribution in [2.75, 3.05) is 18.1 Å². The molecule has 1 aliphatic heterocycles. The number of amides is 1. The monoisotopic (exact) mass is 421 g/mol. The normalized spacial score (nSPS) is 18.9. The second kappa shape index (κ2) is 8.68. The summed E-state index contributed by atoms with van der Waals surface area (Å²) in [6.45, 7) is 3.35. The second-order valence-electron chi connectivity index (χ2n) is 6.99. The van der Waals surface area contributed by atoms with Gasteiger partial charge < -0.3 is 9.64 Å². The molecule has 0 N–H and O–H groups in total. The topological polar surface area (TPSA) is 124 Å². The highest BCUT2D eigenvalue weighted by atomic mass is 32.2. The van der Waals surface area contributed by atoms with Crippen LogP contribution in [-0.2, 0) is 19.4 Å². The molecule has 2 aromatic rings. The predicted octanol–water partition coefficient (Wildman–Crippen LogP) is 0.633. The molecule has 3 rings (SSSR count). The van der Waals surface area contributed by atoms with Crippen molar-refractivity contribution in [1.29, 1.82) is 0 Å². The van der Waals surface area contributed by atoms with E-state index in [9.17, 15) is 18.0 Å². The van der Waals surface area contributed by atoms with Gasteiger partial charge in [-0.05, 0) is 54.5 Å². The summed E-state index contributed by atoms with van der Waals surface area (Å²) >= 11 is 0. The van der Waals surface area contributed by atoms with Crippen LogP contribution in [0.5, 0.6) is 0 Å². The van der Waals surface area contributed by atoms with Crippen LogP contribution in [0.1, 0.15) is 37.0 Å². The van der Waals surface area contributed by atoms with E-state index in [1.54, 1.807) is 29.2 Å². The van der Waals surface area contributed by atoms with Crippen LogP contribution in [-0.4, -0.2) is 75.6 Å². The molecule has 0 saturated carbocycles. The quantitative estimate of drug-likeness (QED) is 0.596. The van der Waals surface area contributed by atoms with Crippen LogP contribution in [0, 0.1) is 0 Å². The van der Waals surface area contributed by atoms with Crippen molar-refractivity contribution < 1.29 is 22.7 Å². The highest BCUT2D eigenvalue weighted by Gasteiger charge is 2.36. The van der Waals surface area contributed by atoms with Gasteiger partial charge in [0.25, 0.3) is 5.91 Å². The van der Waals surface area contributed by atoms with Gasteiger partial charge in [0.05, 0.1) is 22.8 Å². The first-order valence-corrected chi connectivity index (χ1v) is 11.1. The molecule has 1 aliphatic rings. The molecule has 1 saturated heterocycles. The number of carbonyl (C=O) groups is 2. The van der Waals surface area contributed by atoms with Gasteiger partial charge in [-0.3, -0.25) is 4.79 Å². The lowest BCUT2D eigenvalue weighted by molar-refractivity contribution is -0.138. The Morgan fingerprint density at radius 2 is 2.03 bits per heavy atom. The maximum atomic E-state index is 12.7. The molecule has 1 aromatic carbocycles. The number of carbonyl (C=O) groups excluding carboxylic acids is 2. The van der Waals surface area contributed by atoms with Gasteiger partial charge in [-0.15, -0.1) is 5.10 Å². The zero-order chi connectivity index (χ0) is 21.0. The zero-order valence-electron chi connectivity index (χ0n) is 16.3. The van der Waals surface area contributed by atoms with E-state index < -0.39 is 22.4 Å². The van der Waals surface area contributed by atoms with E-state index in [4.69, 9.17) is 4.74 Å². The molecule has 29 heavy (non-hydrogen) atoms. The highest BCUT2D eigenvalue weighted by molar-refractivity contribution is 7.91. The van der Waals surface area contributed by atoms with E-state index in [-0.39, 0.29) is 35.1 Å². The van der Waals surface area contributed by atoms with Gasteiger partial charge >= 0.3 is 5.97 Å². The van der Waals surface area contributed by atoms with Crippen molar-refractivity contribution in [3.05, 3.63) is 36.2 Å². The molecule has 11 heteroatoms. The molecule has 1 aromatic heterocycles. The number of hydrogen-bond donors (Lipinski definition) is 0. The molecule has 1 amide bonds. The van der Waals surface area contributed by atoms with Gasteiger partial charge in [0.1, 0.15) is 6.33 Å². The Labute approximate surface area is 168 Å². The number of hydrogen-bond acceptors (Lipinski definition) is 8. The molecule has 1 fully saturated rings. The molecule has 0 bridgehead atoms. The molecule has 0 unspecified atom stereocenters. The number of nitrogens with zero attached hydrogens (tertiary/aromatic N) is 5. The largest absolute Gasteiger partial charge is 0.452 e. The first kappa shape index (κ1) is 20.9. The summed E-state index contributed by atoms with van der Waals surface area (Å²) in [4.78, 5) is 26.6. The predicted molar refractivity (Wildman–Crippen MR) is 103 cm³/mol. The SMILES string of the molecule is CC[C@@H](C)N(C(=O)COC(=O)c1ccc(-n2cnnn2)cc1)[C@@H]1CCS(=O)(=O)C1. The van der Waals surface area contributed by atoms with Crippen molar-refractivity contribution in [3.63, 3.8) is 0 Å². The third kappa shape index (κ3) is 4.97. The Morgan fingerprint density at radius 1 is 1.31 bits per heavy atom. The smallest absolute Gasteiger partial charge is 0.338 e. The van der Waals surface area contributed by atoms with E-state index in [0.717, 1.165) is 0 Å². The van der Waals surface area contributed by atoms with E-state index >= 15 is 0 Å². The van der Waals surface area contributed by atoms with Crippen LogP contribution in [0.3, 0.4) is 0 Å². The number of ether oxygens (including phenoxy) is 1. The lowest BCUT2D eigenvalue weighted by Crippen LogP contribution is -2.48. The zero-order valence-corrected chi connectivity index (χ0v) is 17.1. The van der Waals surface area contributed by atoms with Crippen LogP contribution in [0.15, 0.2) is 30.6 Å². The van der Waals surface area contributed by atoms with Crippen LogP contribution in [0.25, 0.3) is 5.69 Å². The Hall–Kier alpha value is -2.82. The molecule has 10 nitrogen and oxygen atoms in total. The third-order valence-electron chi connectivity index (χ3n) is 5.00. The number of tetrazole rings is 1. The van der Waals surface area contributed by atoms with Gasteiger partial charge in [0, 0.05) is 12.1 Å². The van der Waals surface area contributed by atoms with Crippen molar-refractivity contribution in [1.82, 2.24) is 25.1 Å². The van der Waals surface area contributed by atoms with Gasteiger partial charge in [-0.25, -0.2) is 17.9 Å². The van der Waals surface area contributed by atoms with Crippen LogP contribution in [0.2, 0.25) is 0 Å². The minimum Gasteiger partial charge on any atom is -0.452 e. The second-order valence-corrected chi connectivity index (χ2v) is 9.22. The fourth-order valence-electron chi connectivity index (χ4n) is 3.32. The molecule has 0 radical (unpaired) electrons. The first-order chi connectivity index (χ1) is 13.8. The van der Waals surface area contributed by atoms with E-state index in [1.807, 2.05) is 13.8 Å². The van der Waals surface area contributed by atoms with Crippen molar-refractivity contribution in [3.8, 4) is 5.69 Å². The summed E-state index contributed by atoms with van der Waals surface area (Å²) < 4.78 is 30.2.